The lowest BCUT2D eigenvalue weighted by molar-refractivity contribution is 0.0231. The Hall–Kier alpha value is -1.32. The lowest BCUT2D eigenvalue weighted by atomic mass is 10.2. The van der Waals surface area contributed by atoms with Crippen molar-refractivity contribution in [3.63, 3.8) is 0 Å². The summed E-state index contributed by atoms with van der Waals surface area (Å²) in [5.74, 6) is 0. The van der Waals surface area contributed by atoms with Crippen LogP contribution in [0.5, 0.6) is 0 Å². The number of likely N-dealkylation sites (N-methyl/N-ethyl adjacent to an activating group) is 2. The van der Waals surface area contributed by atoms with Gasteiger partial charge in [0.05, 0.1) is 0 Å². The third-order valence-corrected chi connectivity index (χ3v) is 4.31. The van der Waals surface area contributed by atoms with Gasteiger partial charge in [-0.2, -0.15) is 0 Å². The molecule has 2 aliphatic rings. The van der Waals surface area contributed by atoms with Gasteiger partial charge in [0.2, 0.25) is 0 Å². The second kappa shape index (κ2) is 6.91. The summed E-state index contributed by atoms with van der Waals surface area (Å²) >= 11 is 0. The van der Waals surface area contributed by atoms with Crippen LogP contribution < -0.4 is 0 Å². The highest BCUT2D eigenvalue weighted by Crippen LogP contribution is 2.27. The molecule has 2 atom stereocenters. The SMILES string of the molecule is CCCCN1C=CN(C)C1C1N(C)C=CN1CCCC. The van der Waals surface area contributed by atoms with Crippen LogP contribution in [-0.2, 0) is 0 Å². The van der Waals surface area contributed by atoms with Crippen LogP contribution in [0.15, 0.2) is 24.8 Å². The maximum absolute atomic E-state index is 2.50. The highest BCUT2D eigenvalue weighted by atomic mass is 15.5. The van der Waals surface area contributed by atoms with Crippen molar-refractivity contribution in [3.05, 3.63) is 24.8 Å². The quantitative estimate of drug-likeness (QED) is 0.710. The molecule has 0 N–H and O–H groups in total. The summed E-state index contributed by atoms with van der Waals surface area (Å²) in [6, 6.07) is 0. The molecule has 0 saturated heterocycles. The molecule has 2 rings (SSSR count). The van der Waals surface area contributed by atoms with Crippen molar-refractivity contribution in [2.75, 3.05) is 27.2 Å². The van der Waals surface area contributed by atoms with E-state index in [0.29, 0.717) is 12.3 Å². The largest absolute Gasteiger partial charge is 0.356 e. The Morgan fingerprint density at radius 2 is 1.10 bits per heavy atom. The minimum absolute atomic E-state index is 0.415. The molecule has 0 amide bonds. The van der Waals surface area contributed by atoms with Crippen molar-refractivity contribution >= 4 is 0 Å². The van der Waals surface area contributed by atoms with Crippen LogP contribution >= 0.6 is 0 Å². The molecule has 114 valence electrons. The lowest BCUT2D eigenvalue weighted by Gasteiger charge is -2.42. The molecule has 20 heavy (non-hydrogen) atoms. The minimum Gasteiger partial charge on any atom is -0.356 e. The molecule has 0 bridgehead atoms. The van der Waals surface area contributed by atoms with Gasteiger partial charge in [0.25, 0.3) is 0 Å². The van der Waals surface area contributed by atoms with E-state index in [1.54, 1.807) is 0 Å². The van der Waals surface area contributed by atoms with Crippen molar-refractivity contribution in [3.8, 4) is 0 Å². The molecule has 2 unspecified atom stereocenters. The summed E-state index contributed by atoms with van der Waals surface area (Å²) in [5, 5.41) is 0. The zero-order chi connectivity index (χ0) is 14.5. The topological polar surface area (TPSA) is 13.0 Å². The second-order valence-corrected chi connectivity index (χ2v) is 5.94. The fourth-order valence-electron chi connectivity index (χ4n) is 3.06. The predicted molar refractivity (Wildman–Crippen MR) is 84.6 cm³/mol. The van der Waals surface area contributed by atoms with Gasteiger partial charge in [0.1, 0.15) is 12.3 Å². The molecule has 4 nitrogen and oxygen atoms in total. The average molecular weight is 278 g/mol. The van der Waals surface area contributed by atoms with E-state index in [4.69, 9.17) is 0 Å². The minimum atomic E-state index is 0.415. The summed E-state index contributed by atoms with van der Waals surface area (Å²) in [7, 11) is 4.38. The monoisotopic (exact) mass is 278 g/mol. The van der Waals surface area contributed by atoms with Crippen LogP contribution in [0.1, 0.15) is 39.5 Å². The van der Waals surface area contributed by atoms with Crippen LogP contribution in [-0.4, -0.2) is 59.1 Å². The molecule has 0 saturated carbocycles. The van der Waals surface area contributed by atoms with Gasteiger partial charge in [-0.25, -0.2) is 0 Å². The van der Waals surface area contributed by atoms with Crippen molar-refractivity contribution < 1.29 is 0 Å². The number of nitrogens with zero attached hydrogens (tertiary/aromatic N) is 4. The first kappa shape index (κ1) is 15.1. The maximum Gasteiger partial charge on any atom is 0.141 e. The first-order valence-corrected chi connectivity index (χ1v) is 8.01. The summed E-state index contributed by atoms with van der Waals surface area (Å²) in [6.07, 6.45) is 14.8. The van der Waals surface area contributed by atoms with Crippen molar-refractivity contribution in [1.82, 2.24) is 19.6 Å². The Bertz CT molecular complexity index is 318. The van der Waals surface area contributed by atoms with Gasteiger partial charge in [-0.15, -0.1) is 0 Å². The Kier molecular flexibility index (Phi) is 5.21. The van der Waals surface area contributed by atoms with Gasteiger partial charge in [-0.05, 0) is 12.8 Å². The van der Waals surface area contributed by atoms with Crippen LogP contribution in [0.2, 0.25) is 0 Å². The predicted octanol–water partition coefficient (Wildman–Crippen LogP) is 2.68. The summed E-state index contributed by atoms with van der Waals surface area (Å²) in [6.45, 7) is 6.81. The van der Waals surface area contributed by atoms with E-state index in [9.17, 15) is 0 Å². The molecular formula is C16H30N4. The molecule has 0 aromatic carbocycles. The third-order valence-electron chi connectivity index (χ3n) is 4.31. The van der Waals surface area contributed by atoms with Crippen LogP contribution in [0.3, 0.4) is 0 Å². The second-order valence-electron chi connectivity index (χ2n) is 5.94. The normalized spacial score (nSPS) is 25.4. The third kappa shape index (κ3) is 3.05. The first-order chi connectivity index (χ1) is 9.69. The molecule has 2 aliphatic heterocycles. The molecule has 0 fully saturated rings. The highest BCUT2D eigenvalue weighted by Gasteiger charge is 2.38. The van der Waals surface area contributed by atoms with Gasteiger partial charge < -0.3 is 19.6 Å². The van der Waals surface area contributed by atoms with Crippen molar-refractivity contribution in [2.45, 2.75) is 51.9 Å². The molecule has 2 heterocycles. The zero-order valence-electron chi connectivity index (χ0n) is 13.5. The lowest BCUT2D eigenvalue weighted by Crippen LogP contribution is -2.56. The van der Waals surface area contributed by atoms with E-state index in [-0.39, 0.29) is 0 Å². The first-order valence-electron chi connectivity index (χ1n) is 8.01. The van der Waals surface area contributed by atoms with E-state index >= 15 is 0 Å². The Balaban J connectivity index is 2.05. The van der Waals surface area contributed by atoms with Gasteiger partial charge in [-0.1, -0.05) is 26.7 Å². The van der Waals surface area contributed by atoms with Crippen molar-refractivity contribution in [1.29, 1.82) is 0 Å². The van der Waals surface area contributed by atoms with E-state index in [1.165, 1.54) is 25.7 Å². The van der Waals surface area contributed by atoms with Gasteiger partial charge in [-0.3, -0.25) is 0 Å². The molecular weight excluding hydrogens is 248 g/mol. The molecule has 4 heteroatoms. The van der Waals surface area contributed by atoms with E-state index in [1.807, 2.05) is 0 Å². The molecule has 0 aromatic rings. The number of unbranched alkanes of at least 4 members (excludes halogenated alkanes) is 2. The van der Waals surface area contributed by atoms with Crippen LogP contribution in [0, 0.1) is 0 Å². The summed E-state index contributed by atoms with van der Waals surface area (Å²) < 4.78 is 0. The Morgan fingerprint density at radius 1 is 0.700 bits per heavy atom. The number of hydrogen-bond donors (Lipinski definition) is 0. The molecule has 0 aromatic heterocycles. The van der Waals surface area contributed by atoms with Gasteiger partial charge in [0.15, 0.2) is 0 Å². The Morgan fingerprint density at radius 3 is 1.45 bits per heavy atom. The maximum atomic E-state index is 2.50. The molecule has 0 radical (unpaired) electrons. The fraction of sp³-hybridized carbons (Fsp3) is 0.750. The Labute approximate surface area is 124 Å². The van der Waals surface area contributed by atoms with Crippen LogP contribution in [0.4, 0.5) is 0 Å². The average Bonchev–Trinajstić information content (AvgIpc) is 2.97. The fourth-order valence-corrected chi connectivity index (χ4v) is 3.06. The molecule has 0 aliphatic carbocycles. The number of rotatable bonds is 7. The number of hydrogen-bond acceptors (Lipinski definition) is 4. The van der Waals surface area contributed by atoms with E-state index < -0.39 is 0 Å². The summed E-state index contributed by atoms with van der Waals surface area (Å²) in [5.41, 5.74) is 0. The van der Waals surface area contributed by atoms with E-state index in [2.05, 4.69) is 72.3 Å². The standard InChI is InChI=1S/C16H30N4/c1-5-7-9-19-13-11-17(3)15(19)16-18(4)12-14-20(16)10-8-6-2/h11-16H,5-10H2,1-4H3. The molecule has 0 spiro atoms. The zero-order valence-corrected chi connectivity index (χ0v) is 13.5. The van der Waals surface area contributed by atoms with Gasteiger partial charge >= 0.3 is 0 Å². The van der Waals surface area contributed by atoms with Crippen molar-refractivity contribution in [2.24, 2.45) is 0 Å². The smallest absolute Gasteiger partial charge is 0.141 e. The van der Waals surface area contributed by atoms with Gasteiger partial charge in [0, 0.05) is 52.0 Å². The summed E-state index contributed by atoms with van der Waals surface area (Å²) in [4.78, 5) is 9.69. The highest BCUT2D eigenvalue weighted by molar-refractivity contribution is 5.06. The van der Waals surface area contributed by atoms with Crippen LogP contribution in [0.25, 0.3) is 0 Å². The van der Waals surface area contributed by atoms with E-state index in [0.717, 1.165) is 13.1 Å².